The third-order valence-corrected chi connectivity index (χ3v) is 4.34. The normalized spacial score (nSPS) is 12.7. The molecular formula is C21H15N3O4. The third-order valence-electron chi connectivity index (χ3n) is 4.34. The molecule has 2 heterocycles. The van der Waals surface area contributed by atoms with Crippen LogP contribution in [0.25, 0.3) is 22.2 Å². The van der Waals surface area contributed by atoms with Gasteiger partial charge in [0.25, 0.3) is 5.89 Å². The van der Waals surface area contributed by atoms with Crippen LogP contribution in [0.2, 0.25) is 0 Å². The van der Waals surface area contributed by atoms with Gasteiger partial charge in [0.15, 0.2) is 18.1 Å². The van der Waals surface area contributed by atoms with Crippen molar-refractivity contribution in [3.8, 4) is 23.0 Å². The summed E-state index contributed by atoms with van der Waals surface area (Å²) in [6.45, 7) is 0.282. The van der Waals surface area contributed by atoms with Crippen LogP contribution in [-0.4, -0.2) is 23.2 Å². The van der Waals surface area contributed by atoms with Gasteiger partial charge in [0.05, 0.1) is 6.21 Å². The van der Waals surface area contributed by atoms with Crippen molar-refractivity contribution in [3.05, 3.63) is 72.1 Å². The summed E-state index contributed by atoms with van der Waals surface area (Å²) >= 11 is 0. The maximum atomic E-state index is 5.68. The van der Waals surface area contributed by atoms with E-state index in [-0.39, 0.29) is 13.4 Å². The number of benzene rings is 3. The Labute approximate surface area is 160 Å². The number of ether oxygens (including phenoxy) is 2. The van der Waals surface area contributed by atoms with Crippen LogP contribution >= 0.6 is 0 Å². The summed E-state index contributed by atoms with van der Waals surface area (Å²) in [6.07, 6.45) is 1.56. The number of aromatic nitrogens is 2. The molecule has 1 aliphatic rings. The Morgan fingerprint density at radius 1 is 0.964 bits per heavy atom. The zero-order chi connectivity index (χ0) is 18.8. The maximum absolute atomic E-state index is 5.68. The predicted molar refractivity (Wildman–Crippen MR) is 102 cm³/mol. The lowest BCUT2D eigenvalue weighted by Crippen LogP contribution is -1.94. The minimum Gasteiger partial charge on any atom is -0.454 e. The molecule has 0 spiro atoms. The van der Waals surface area contributed by atoms with E-state index in [2.05, 4.69) is 21.4 Å². The van der Waals surface area contributed by atoms with E-state index in [1.54, 1.807) is 6.21 Å². The summed E-state index contributed by atoms with van der Waals surface area (Å²) in [7, 11) is 0. The van der Waals surface area contributed by atoms with E-state index < -0.39 is 0 Å². The lowest BCUT2D eigenvalue weighted by atomic mass is 10.1. The molecule has 1 aliphatic heterocycles. The number of oxime groups is 1. The molecule has 4 aromatic rings. The quantitative estimate of drug-likeness (QED) is 0.386. The highest BCUT2D eigenvalue weighted by atomic mass is 16.7. The maximum Gasteiger partial charge on any atom is 0.257 e. The minimum atomic E-state index is 0.0729. The van der Waals surface area contributed by atoms with Gasteiger partial charge in [-0.25, -0.2) is 0 Å². The molecule has 0 radical (unpaired) electrons. The van der Waals surface area contributed by atoms with Gasteiger partial charge in [-0.15, -0.1) is 10.2 Å². The Balaban J connectivity index is 1.26. The van der Waals surface area contributed by atoms with Crippen molar-refractivity contribution in [3.63, 3.8) is 0 Å². The highest BCUT2D eigenvalue weighted by Gasteiger charge is 2.16. The van der Waals surface area contributed by atoms with Crippen LogP contribution in [0.4, 0.5) is 0 Å². The molecule has 138 valence electrons. The van der Waals surface area contributed by atoms with Crippen LogP contribution in [0.1, 0.15) is 11.5 Å². The Hall–Kier alpha value is -3.87. The average Bonchev–Trinajstić information content (AvgIpc) is 3.41. The fourth-order valence-electron chi connectivity index (χ4n) is 2.99. The largest absolute Gasteiger partial charge is 0.454 e. The molecule has 0 unspecified atom stereocenters. The summed E-state index contributed by atoms with van der Waals surface area (Å²) in [5.41, 5.74) is 1.63. The molecule has 0 atom stereocenters. The second kappa shape index (κ2) is 7.03. The summed E-state index contributed by atoms with van der Waals surface area (Å²) < 4.78 is 16.4. The Morgan fingerprint density at radius 2 is 1.89 bits per heavy atom. The van der Waals surface area contributed by atoms with Crippen LogP contribution in [0.15, 0.2) is 70.2 Å². The van der Waals surface area contributed by atoms with E-state index in [0.29, 0.717) is 23.3 Å². The average molecular weight is 373 g/mol. The molecule has 0 fully saturated rings. The molecule has 3 aromatic carbocycles. The summed E-state index contributed by atoms with van der Waals surface area (Å²) in [5, 5.41) is 14.3. The predicted octanol–water partition coefficient (Wildman–Crippen LogP) is 4.17. The molecule has 0 N–H and O–H groups in total. The highest BCUT2D eigenvalue weighted by Crippen LogP contribution is 2.34. The molecule has 0 aliphatic carbocycles. The Kier molecular flexibility index (Phi) is 4.10. The molecule has 28 heavy (non-hydrogen) atoms. The number of hydrogen-bond acceptors (Lipinski definition) is 7. The van der Waals surface area contributed by atoms with Gasteiger partial charge in [-0.05, 0) is 35.0 Å². The molecule has 5 rings (SSSR count). The van der Waals surface area contributed by atoms with Gasteiger partial charge < -0.3 is 18.7 Å². The van der Waals surface area contributed by atoms with Gasteiger partial charge in [0.2, 0.25) is 12.7 Å². The fourth-order valence-corrected chi connectivity index (χ4v) is 2.99. The second-order valence-corrected chi connectivity index (χ2v) is 6.15. The first-order valence-electron chi connectivity index (χ1n) is 8.72. The summed E-state index contributed by atoms with van der Waals surface area (Å²) in [4.78, 5) is 5.28. The number of rotatable bonds is 5. The molecular weight excluding hydrogens is 358 g/mol. The van der Waals surface area contributed by atoms with E-state index in [9.17, 15) is 0 Å². The van der Waals surface area contributed by atoms with E-state index in [1.165, 1.54) is 0 Å². The van der Waals surface area contributed by atoms with Gasteiger partial charge in [0.1, 0.15) is 0 Å². The van der Waals surface area contributed by atoms with Crippen molar-refractivity contribution in [2.75, 3.05) is 6.79 Å². The van der Waals surface area contributed by atoms with Crippen molar-refractivity contribution in [1.29, 1.82) is 0 Å². The van der Waals surface area contributed by atoms with Crippen molar-refractivity contribution < 1.29 is 18.7 Å². The Bertz CT molecular complexity index is 1170. The molecule has 0 saturated carbocycles. The van der Waals surface area contributed by atoms with Crippen LogP contribution < -0.4 is 9.47 Å². The van der Waals surface area contributed by atoms with Crippen LogP contribution in [0.3, 0.4) is 0 Å². The SMILES string of the molecule is C(=N/OCc1nnc(-c2ccc3ccccc3c2)o1)/c1cccc2c1OCO2. The number of para-hydroxylation sites is 1. The van der Waals surface area contributed by atoms with E-state index >= 15 is 0 Å². The van der Waals surface area contributed by atoms with Gasteiger partial charge >= 0.3 is 0 Å². The first-order valence-corrected chi connectivity index (χ1v) is 8.72. The minimum absolute atomic E-state index is 0.0729. The second-order valence-electron chi connectivity index (χ2n) is 6.15. The monoisotopic (exact) mass is 373 g/mol. The topological polar surface area (TPSA) is 79.0 Å². The van der Waals surface area contributed by atoms with E-state index in [4.69, 9.17) is 18.7 Å². The molecule has 7 heteroatoms. The van der Waals surface area contributed by atoms with Crippen molar-refractivity contribution in [1.82, 2.24) is 10.2 Å². The zero-order valence-corrected chi connectivity index (χ0v) is 14.7. The zero-order valence-electron chi connectivity index (χ0n) is 14.7. The Morgan fingerprint density at radius 3 is 2.86 bits per heavy atom. The smallest absolute Gasteiger partial charge is 0.257 e. The number of hydrogen-bond donors (Lipinski definition) is 0. The number of nitrogens with zero attached hydrogens (tertiary/aromatic N) is 3. The molecule has 1 aromatic heterocycles. The van der Waals surface area contributed by atoms with E-state index in [0.717, 1.165) is 21.9 Å². The molecule has 0 bridgehead atoms. The van der Waals surface area contributed by atoms with Gasteiger partial charge in [-0.3, -0.25) is 0 Å². The van der Waals surface area contributed by atoms with E-state index in [1.807, 2.05) is 54.6 Å². The summed E-state index contributed by atoms with van der Waals surface area (Å²) in [5.74, 6) is 2.14. The van der Waals surface area contributed by atoms with Gasteiger partial charge in [-0.2, -0.15) is 0 Å². The molecule has 7 nitrogen and oxygen atoms in total. The van der Waals surface area contributed by atoms with Crippen molar-refractivity contribution in [2.24, 2.45) is 5.16 Å². The highest BCUT2D eigenvalue weighted by molar-refractivity contribution is 5.86. The van der Waals surface area contributed by atoms with Crippen LogP contribution in [0.5, 0.6) is 11.5 Å². The van der Waals surface area contributed by atoms with Crippen molar-refractivity contribution >= 4 is 17.0 Å². The molecule has 0 amide bonds. The standard InChI is InChI=1S/C21H15N3O4/c1-2-5-15-10-16(9-8-14(15)4-1)21-24-23-19(28-21)12-27-22-11-17-6-3-7-18-20(17)26-13-25-18/h1-11H,12-13H2/b22-11-. The van der Waals surface area contributed by atoms with Gasteiger partial charge in [-0.1, -0.05) is 41.6 Å². The van der Waals surface area contributed by atoms with Crippen LogP contribution in [0, 0.1) is 0 Å². The lowest BCUT2D eigenvalue weighted by molar-refractivity contribution is 0.112. The first-order chi connectivity index (χ1) is 13.9. The summed E-state index contributed by atoms with van der Waals surface area (Å²) in [6, 6.07) is 19.7. The van der Waals surface area contributed by atoms with Crippen molar-refractivity contribution in [2.45, 2.75) is 6.61 Å². The van der Waals surface area contributed by atoms with Gasteiger partial charge in [0, 0.05) is 11.1 Å². The number of fused-ring (bicyclic) bond motifs is 2. The lowest BCUT2D eigenvalue weighted by Gasteiger charge is -2.00. The van der Waals surface area contributed by atoms with Crippen LogP contribution in [-0.2, 0) is 11.4 Å². The fraction of sp³-hybridized carbons (Fsp3) is 0.0952. The molecule has 0 saturated heterocycles. The first kappa shape index (κ1) is 16.3. The third kappa shape index (κ3) is 3.14.